The zero-order valence-electron chi connectivity index (χ0n) is 14.3. The molecule has 4 aliphatic heterocycles. The largest absolute Gasteiger partial charge is 0.340 e. The lowest BCUT2D eigenvalue weighted by molar-refractivity contribution is -0.139. The lowest BCUT2D eigenvalue weighted by Gasteiger charge is -2.35. The Morgan fingerprint density at radius 3 is 2.79 bits per heavy atom. The standard InChI is InChI=1S/C17H26N4O3/c1-2-9-21-14-6-3-12(17(21)24)10-20(11-14)16(23)8-5-13-4-7-15(22)19-18-13/h12,14H,2-11H2,1H3,(H,19,22)/t12-,14+/m0/s1. The van der Waals surface area contributed by atoms with Crippen molar-refractivity contribution in [3.8, 4) is 0 Å². The molecule has 0 saturated carbocycles. The average Bonchev–Trinajstić information content (AvgIpc) is 2.87. The number of nitrogens with one attached hydrogen (secondary N) is 1. The summed E-state index contributed by atoms with van der Waals surface area (Å²) in [5.41, 5.74) is 3.35. The normalized spacial score (nSPS) is 27.0. The smallest absolute Gasteiger partial charge is 0.240 e. The third-order valence-corrected chi connectivity index (χ3v) is 5.22. The molecule has 0 aromatic rings. The summed E-state index contributed by atoms with van der Waals surface area (Å²) in [7, 11) is 0. The molecule has 4 heterocycles. The van der Waals surface area contributed by atoms with Crippen LogP contribution in [0.1, 0.15) is 51.9 Å². The molecule has 4 rings (SSSR count). The zero-order chi connectivity index (χ0) is 17.1. The van der Waals surface area contributed by atoms with Gasteiger partial charge in [-0.25, -0.2) is 5.43 Å². The summed E-state index contributed by atoms with van der Waals surface area (Å²) in [5.74, 6) is 0.217. The Morgan fingerprint density at radius 1 is 1.25 bits per heavy atom. The van der Waals surface area contributed by atoms with Crippen LogP contribution in [0.3, 0.4) is 0 Å². The number of carbonyl (C=O) groups excluding carboxylic acids is 3. The fraction of sp³-hybridized carbons (Fsp3) is 0.765. The van der Waals surface area contributed by atoms with Crippen molar-refractivity contribution in [3.63, 3.8) is 0 Å². The van der Waals surface area contributed by atoms with Crippen molar-refractivity contribution in [3.05, 3.63) is 0 Å². The van der Waals surface area contributed by atoms with Gasteiger partial charge >= 0.3 is 0 Å². The highest BCUT2D eigenvalue weighted by molar-refractivity contribution is 5.94. The van der Waals surface area contributed by atoms with E-state index >= 15 is 0 Å². The number of fused-ring (bicyclic) bond motifs is 4. The number of hydrazone groups is 1. The van der Waals surface area contributed by atoms with Gasteiger partial charge in [0.1, 0.15) is 0 Å². The van der Waals surface area contributed by atoms with E-state index in [0.29, 0.717) is 38.8 Å². The number of amides is 3. The van der Waals surface area contributed by atoms with Gasteiger partial charge in [-0.3, -0.25) is 14.4 Å². The number of rotatable bonds is 5. The highest BCUT2D eigenvalue weighted by Gasteiger charge is 2.41. The first-order valence-corrected chi connectivity index (χ1v) is 9.01. The van der Waals surface area contributed by atoms with E-state index in [0.717, 1.165) is 31.5 Å². The van der Waals surface area contributed by atoms with Gasteiger partial charge in [0.2, 0.25) is 17.7 Å². The van der Waals surface area contributed by atoms with Gasteiger partial charge in [0, 0.05) is 44.2 Å². The first-order chi connectivity index (χ1) is 11.6. The van der Waals surface area contributed by atoms with E-state index in [4.69, 9.17) is 0 Å². The predicted octanol–water partition coefficient (Wildman–Crippen LogP) is 0.892. The van der Waals surface area contributed by atoms with Crippen LogP contribution in [-0.4, -0.2) is 58.9 Å². The van der Waals surface area contributed by atoms with Crippen LogP contribution in [0, 0.1) is 5.92 Å². The van der Waals surface area contributed by atoms with Crippen molar-refractivity contribution in [2.75, 3.05) is 19.6 Å². The molecule has 3 saturated heterocycles. The number of carbonyl (C=O) groups is 3. The molecule has 3 fully saturated rings. The molecule has 0 spiro atoms. The minimum atomic E-state index is -0.0660. The first kappa shape index (κ1) is 16.9. The van der Waals surface area contributed by atoms with Gasteiger partial charge in [0.15, 0.2) is 0 Å². The van der Waals surface area contributed by atoms with Crippen LogP contribution >= 0.6 is 0 Å². The van der Waals surface area contributed by atoms with E-state index in [1.54, 1.807) is 0 Å². The maximum atomic E-state index is 12.6. The van der Waals surface area contributed by atoms with Crippen molar-refractivity contribution in [1.29, 1.82) is 0 Å². The molecule has 0 aliphatic carbocycles. The van der Waals surface area contributed by atoms with Crippen molar-refractivity contribution in [1.82, 2.24) is 15.2 Å². The Kier molecular flexibility index (Phi) is 5.16. The van der Waals surface area contributed by atoms with Gasteiger partial charge in [-0.05, 0) is 32.1 Å². The van der Waals surface area contributed by atoms with E-state index in [9.17, 15) is 14.4 Å². The molecule has 7 nitrogen and oxygen atoms in total. The van der Waals surface area contributed by atoms with Crippen LogP contribution in [0.2, 0.25) is 0 Å². The van der Waals surface area contributed by atoms with E-state index in [1.807, 2.05) is 9.80 Å². The molecule has 7 heteroatoms. The summed E-state index contributed by atoms with van der Waals surface area (Å²) < 4.78 is 0. The Hall–Kier alpha value is -1.92. The van der Waals surface area contributed by atoms with Crippen molar-refractivity contribution in [2.45, 2.75) is 57.9 Å². The first-order valence-electron chi connectivity index (χ1n) is 9.01. The molecule has 132 valence electrons. The molecule has 0 aromatic heterocycles. The third kappa shape index (κ3) is 3.60. The molecule has 2 bridgehead atoms. The minimum Gasteiger partial charge on any atom is -0.340 e. The summed E-state index contributed by atoms with van der Waals surface area (Å²) in [4.78, 5) is 40.1. The van der Waals surface area contributed by atoms with E-state index < -0.39 is 0 Å². The van der Waals surface area contributed by atoms with Gasteiger partial charge < -0.3 is 9.80 Å². The number of piperidine rings is 1. The monoisotopic (exact) mass is 334 g/mol. The fourth-order valence-electron chi connectivity index (χ4n) is 3.88. The summed E-state index contributed by atoms with van der Waals surface area (Å²) >= 11 is 0. The van der Waals surface area contributed by atoms with Crippen LogP contribution in [0.4, 0.5) is 0 Å². The average molecular weight is 334 g/mol. The maximum Gasteiger partial charge on any atom is 0.240 e. The number of hydrogen-bond acceptors (Lipinski definition) is 4. The number of hydrogen-bond donors (Lipinski definition) is 1. The van der Waals surface area contributed by atoms with Crippen LogP contribution in [0.5, 0.6) is 0 Å². The highest BCUT2D eigenvalue weighted by Crippen LogP contribution is 2.29. The van der Waals surface area contributed by atoms with Gasteiger partial charge in [0.05, 0.1) is 5.92 Å². The van der Waals surface area contributed by atoms with Crippen LogP contribution in [0.25, 0.3) is 0 Å². The minimum absolute atomic E-state index is 0.0365. The molecular formula is C17H26N4O3. The van der Waals surface area contributed by atoms with Crippen LogP contribution < -0.4 is 5.43 Å². The van der Waals surface area contributed by atoms with E-state index in [2.05, 4.69) is 17.5 Å². The molecule has 2 atom stereocenters. The van der Waals surface area contributed by atoms with E-state index in [-0.39, 0.29) is 29.7 Å². The second-order valence-electron chi connectivity index (χ2n) is 6.97. The molecule has 24 heavy (non-hydrogen) atoms. The topological polar surface area (TPSA) is 82.1 Å². The van der Waals surface area contributed by atoms with Gasteiger partial charge in [-0.2, -0.15) is 5.10 Å². The van der Waals surface area contributed by atoms with Gasteiger partial charge in [-0.1, -0.05) is 6.92 Å². The summed E-state index contributed by atoms with van der Waals surface area (Å²) in [5, 5.41) is 4.02. The Balaban J connectivity index is 1.58. The van der Waals surface area contributed by atoms with Gasteiger partial charge in [0.25, 0.3) is 0 Å². The third-order valence-electron chi connectivity index (χ3n) is 5.22. The lowest BCUT2D eigenvalue weighted by atomic mass is 9.94. The molecule has 1 N–H and O–H groups in total. The SMILES string of the molecule is CCCN1C(=O)[C@H]2CC[C@@H]1CN(C(=O)CCC1=NNC(=O)CC1)C2. The molecule has 4 aliphatic rings. The van der Waals surface area contributed by atoms with Gasteiger partial charge in [-0.15, -0.1) is 0 Å². The second-order valence-corrected chi connectivity index (χ2v) is 6.97. The van der Waals surface area contributed by atoms with Crippen molar-refractivity contribution >= 4 is 23.4 Å². The Labute approximate surface area is 142 Å². The number of nitrogens with zero attached hydrogens (tertiary/aromatic N) is 3. The van der Waals surface area contributed by atoms with Crippen molar-refractivity contribution in [2.24, 2.45) is 11.0 Å². The zero-order valence-corrected chi connectivity index (χ0v) is 14.3. The molecule has 0 aromatic carbocycles. The van der Waals surface area contributed by atoms with E-state index in [1.165, 1.54) is 0 Å². The quantitative estimate of drug-likeness (QED) is 0.811. The molecule has 3 amide bonds. The molecule has 0 radical (unpaired) electrons. The second kappa shape index (κ2) is 7.32. The highest BCUT2D eigenvalue weighted by atomic mass is 16.2. The molecule has 0 unspecified atom stereocenters. The Bertz CT molecular complexity index is 560. The maximum absolute atomic E-state index is 12.6. The predicted molar refractivity (Wildman–Crippen MR) is 89.1 cm³/mol. The van der Waals surface area contributed by atoms with Crippen molar-refractivity contribution < 1.29 is 14.4 Å². The van der Waals surface area contributed by atoms with Crippen LogP contribution in [-0.2, 0) is 14.4 Å². The van der Waals surface area contributed by atoms with Crippen LogP contribution in [0.15, 0.2) is 5.10 Å². The lowest BCUT2D eigenvalue weighted by Crippen LogP contribution is -2.48. The summed E-state index contributed by atoms with van der Waals surface area (Å²) in [6.45, 7) is 4.08. The Morgan fingerprint density at radius 2 is 2.08 bits per heavy atom. The summed E-state index contributed by atoms with van der Waals surface area (Å²) in [6.07, 6.45) is 4.90. The molecular weight excluding hydrogens is 308 g/mol. The summed E-state index contributed by atoms with van der Waals surface area (Å²) in [6, 6.07) is 0.173. The fourth-order valence-corrected chi connectivity index (χ4v) is 3.88.